The summed E-state index contributed by atoms with van der Waals surface area (Å²) in [5, 5.41) is 0.713. The lowest BCUT2D eigenvalue weighted by atomic mass is 10.1. The highest BCUT2D eigenvalue weighted by Gasteiger charge is 2.37. The Morgan fingerprint density at radius 2 is 1.24 bits per heavy atom. The molecule has 0 atom stereocenters. The van der Waals surface area contributed by atoms with E-state index in [1.54, 1.807) is 12.1 Å². The minimum Gasteiger partial charge on any atom is -0.311 e. The fraction of sp³-hybridized carbons (Fsp3) is 0.400. The molecule has 0 fully saturated rings. The normalized spacial score (nSPS) is 13.2. The van der Waals surface area contributed by atoms with Crippen LogP contribution in [0.3, 0.4) is 0 Å². The van der Waals surface area contributed by atoms with Crippen molar-refractivity contribution in [1.82, 2.24) is 4.57 Å². The van der Waals surface area contributed by atoms with Crippen LogP contribution < -0.4 is 5.32 Å². The van der Waals surface area contributed by atoms with Crippen molar-refractivity contribution in [2.75, 3.05) is 0 Å². The highest BCUT2D eigenvalue weighted by atomic mass is 28.3. The van der Waals surface area contributed by atoms with Crippen molar-refractivity contribution >= 4 is 21.5 Å². The molecule has 2 rings (SSSR count). The highest BCUT2D eigenvalue weighted by Crippen LogP contribution is 2.37. The van der Waals surface area contributed by atoms with E-state index in [4.69, 9.17) is 0 Å². The average molecular weight is 448 g/mol. The predicted octanol–water partition coefficient (Wildman–Crippen LogP) is 6.29. The third kappa shape index (κ3) is 5.79. The van der Waals surface area contributed by atoms with Crippen LogP contribution in [0, 0.1) is 11.5 Å². The topological polar surface area (TPSA) is 4.93 Å². The molecule has 1 aromatic carbocycles. The Morgan fingerprint density at radius 3 is 1.62 bits per heavy atom. The number of hydrogen-bond donors (Lipinski definition) is 0. The van der Waals surface area contributed by atoms with Crippen molar-refractivity contribution in [3.05, 3.63) is 47.2 Å². The summed E-state index contributed by atoms with van der Waals surface area (Å²) in [6, 6.07) is 5.11. The molecule has 0 aliphatic rings. The van der Waals surface area contributed by atoms with Crippen LogP contribution in [0.4, 0.5) is 26.3 Å². The number of aromatic nitrogens is 1. The first-order valence-corrected chi connectivity index (χ1v) is 15.9. The van der Waals surface area contributed by atoms with Crippen molar-refractivity contribution in [3.63, 3.8) is 0 Å². The number of hydrogen-bond acceptors (Lipinski definition) is 0. The molecule has 0 aliphatic carbocycles. The van der Waals surface area contributed by atoms with Gasteiger partial charge in [0.1, 0.15) is 8.07 Å². The Kier molecular flexibility index (Phi) is 5.96. The maximum atomic E-state index is 13.3. The van der Waals surface area contributed by atoms with Crippen LogP contribution in [0.5, 0.6) is 0 Å². The van der Waals surface area contributed by atoms with Crippen LogP contribution in [0.1, 0.15) is 16.8 Å². The van der Waals surface area contributed by atoms with Crippen LogP contribution in [-0.4, -0.2) is 20.7 Å². The molecule has 0 aliphatic heterocycles. The van der Waals surface area contributed by atoms with E-state index in [2.05, 4.69) is 11.5 Å². The molecule has 1 heterocycles. The zero-order chi connectivity index (χ0) is 22.4. The molecule has 0 saturated heterocycles. The summed E-state index contributed by atoms with van der Waals surface area (Å²) in [6.07, 6.45) is -9.79. The van der Waals surface area contributed by atoms with Gasteiger partial charge in [-0.05, 0) is 30.3 Å². The summed E-state index contributed by atoms with van der Waals surface area (Å²) in [5.41, 5.74) is 0.707. The summed E-state index contributed by atoms with van der Waals surface area (Å²) < 4.78 is 81.4. The summed E-state index contributed by atoms with van der Waals surface area (Å²) in [5.74, 6) is 3.00. The fourth-order valence-electron chi connectivity index (χ4n) is 2.72. The molecule has 0 amide bonds. The largest absolute Gasteiger partial charge is 0.416 e. The van der Waals surface area contributed by atoms with E-state index >= 15 is 0 Å². The lowest BCUT2D eigenvalue weighted by Gasteiger charge is -2.22. The Morgan fingerprint density at radius 1 is 0.759 bits per heavy atom. The van der Waals surface area contributed by atoms with Gasteiger partial charge in [-0.3, -0.25) is 0 Å². The van der Waals surface area contributed by atoms with Crippen LogP contribution in [0.15, 0.2) is 30.3 Å². The third-order valence-corrected chi connectivity index (χ3v) is 6.85. The predicted molar refractivity (Wildman–Crippen MR) is 109 cm³/mol. The molecule has 158 valence electrons. The van der Waals surface area contributed by atoms with E-state index in [0.717, 1.165) is 12.1 Å². The van der Waals surface area contributed by atoms with Gasteiger partial charge in [-0.25, -0.2) is 0 Å². The molecule has 9 heteroatoms. The molecule has 0 saturated carbocycles. The second-order valence-electron chi connectivity index (χ2n) is 8.95. The van der Waals surface area contributed by atoms with E-state index in [9.17, 15) is 26.3 Å². The smallest absolute Gasteiger partial charge is 0.311 e. The van der Waals surface area contributed by atoms with Gasteiger partial charge >= 0.3 is 12.4 Å². The van der Waals surface area contributed by atoms with Gasteiger partial charge in [0.25, 0.3) is 0 Å². The van der Waals surface area contributed by atoms with Gasteiger partial charge < -0.3 is 4.57 Å². The van der Waals surface area contributed by atoms with Gasteiger partial charge in [-0.15, -0.1) is 5.54 Å². The molecular weight excluding hydrogens is 424 g/mol. The summed E-state index contributed by atoms with van der Waals surface area (Å²) >= 11 is 0. The maximum absolute atomic E-state index is 13.3. The standard InChI is InChI=1S/C20H23F6NSi2/c1-28(2,3)10-9-16-7-8-18(29(4,5)6)27(16)17-12-14(19(21,22)23)11-15(13-17)20(24,25)26/h7-8,11-13H,1-6H3. The van der Waals surface area contributed by atoms with E-state index in [-0.39, 0.29) is 11.8 Å². The molecule has 0 bridgehead atoms. The van der Waals surface area contributed by atoms with Gasteiger partial charge in [0.05, 0.1) is 24.9 Å². The first kappa shape index (κ1) is 23.4. The molecule has 0 unspecified atom stereocenters. The molecule has 0 radical (unpaired) electrons. The minimum atomic E-state index is -4.90. The monoisotopic (exact) mass is 447 g/mol. The van der Waals surface area contributed by atoms with Crippen molar-refractivity contribution in [2.24, 2.45) is 0 Å². The van der Waals surface area contributed by atoms with Gasteiger partial charge in [-0.2, -0.15) is 26.3 Å². The van der Waals surface area contributed by atoms with Gasteiger partial charge in [0, 0.05) is 11.0 Å². The number of nitrogens with zero attached hydrogens (tertiary/aromatic N) is 1. The van der Waals surface area contributed by atoms with Crippen LogP contribution >= 0.6 is 0 Å². The quantitative estimate of drug-likeness (QED) is 0.290. The van der Waals surface area contributed by atoms with Crippen LogP contribution in [0.2, 0.25) is 39.3 Å². The summed E-state index contributed by atoms with van der Waals surface area (Å²) in [7, 11) is -3.90. The van der Waals surface area contributed by atoms with Gasteiger partial charge in [0.2, 0.25) is 0 Å². The first-order valence-electron chi connectivity index (χ1n) is 8.95. The molecule has 0 spiro atoms. The zero-order valence-electron chi connectivity index (χ0n) is 17.1. The molecule has 0 N–H and O–H groups in total. The van der Waals surface area contributed by atoms with Crippen molar-refractivity contribution < 1.29 is 26.3 Å². The summed E-state index contributed by atoms with van der Waals surface area (Å²) in [4.78, 5) is 0. The number of alkyl halides is 6. The van der Waals surface area contributed by atoms with Crippen molar-refractivity contribution in [1.29, 1.82) is 0 Å². The number of rotatable bonds is 2. The van der Waals surface area contributed by atoms with Gasteiger partial charge in [0.15, 0.2) is 0 Å². The first-order chi connectivity index (χ1) is 12.9. The Hall–Kier alpha value is -1.93. The maximum Gasteiger partial charge on any atom is 0.416 e. The van der Waals surface area contributed by atoms with E-state index in [1.165, 1.54) is 4.57 Å². The fourth-order valence-corrected chi connectivity index (χ4v) is 4.72. The molecule has 29 heavy (non-hydrogen) atoms. The lowest BCUT2D eigenvalue weighted by Crippen LogP contribution is -2.42. The minimum absolute atomic E-state index is 0.147. The van der Waals surface area contributed by atoms with Crippen molar-refractivity contribution in [2.45, 2.75) is 51.6 Å². The Bertz CT molecular complexity index is 928. The lowest BCUT2D eigenvalue weighted by molar-refractivity contribution is -0.143. The highest BCUT2D eigenvalue weighted by molar-refractivity contribution is 6.88. The Balaban J connectivity index is 2.88. The third-order valence-electron chi connectivity index (χ3n) is 4.05. The second kappa shape index (κ2) is 7.40. The van der Waals surface area contributed by atoms with E-state index in [1.807, 2.05) is 39.3 Å². The number of halogens is 6. The summed E-state index contributed by atoms with van der Waals surface area (Å²) in [6.45, 7) is 12.0. The zero-order valence-corrected chi connectivity index (χ0v) is 19.1. The van der Waals surface area contributed by atoms with E-state index in [0.29, 0.717) is 11.0 Å². The van der Waals surface area contributed by atoms with Crippen LogP contribution in [0.25, 0.3) is 5.69 Å². The molecular formula is C20H23F6NSi2. The van der Waals surface area contributed by atoms with Gasteiger partial charge in [-0.1, -0.05) is 45.2 Å². The second-order valence-corrected chi connectivity index (χ2v) is 18.7. The molecule has 1 nitrogen and oxygen atoms in total. The van der Waals surface area contributed by atoms with E-state index < -0.39 is 39.6 Å². The molecule has 2 aromatic rings. The number of benzene rings is 1. The van der Waals surface area contributed by atoms with Crippen LogP contribution in [-0.2, 0) is 12.4 Å². The van der Waals surface area contributed by atoms with Crippen molar-refractivity contribution in [3.8, 4) is 17.2 Å². The SMILES string of the molecule is C[Si](C)(C)C#Cc1ccc([Si](C)(C)C)n1-c1cc(C(F)(F)F)cc(C(F)(F)F)c1. The molecule has 1 aromatic heterocycles. The average Bonchev–Trinajstić information content (AvgIpc) is 2.94. The Labute approximate surface area is 168 Å².